The van der Waals surface area contributed by atoms with Gasteiger partial charge >= 0.3 is 6.03 Å². The van der Waals surface area contributed by atoms with Gasteiger partial charge in [0, 0.05) is 17.6 Å². The summed E-state index contributed by atoms with van der Waals surface area (Å²) in [4.78, 5) is 12.1. The highest BCUT2D eigenvalue weighted by atomic mass is 32.2. The molecule has 0 aliphatic heterocycles. The number of aryl methyl sites for hydroxylation is 1. The monoisotopic (exact) mass is 336 g/mol. The van der Waals surface area contributed by atoms with Crippen molar-refractivity contribution in [2.45, 2.75) is 18.2 Å². The lowest BCUT2D eigenvalue weighted by Gasteiger charge is -2.12. The Hall–Kier alpha value is -2.41. The summed E-state index contributed by atoms with van der Waals surface area (Å²) < 4.78 is 25.0. The topological polar surface area (TPSA) is 78.4 Å². The van der Waals surface area contributed by atoms with Crippen LogP contribution >= 0.6 is 0 Å². The molecule has 0 bridgehead atoms. The number of urea groups is 1. The van der Waals surface area contributed by atoms with Crippen molar-refractivity contribution in [2.24, 2.45) is 0 Å². The number of carbonyl (C=O) groups excluding carboxylic acids is 1. The second-order valence-electron chi connectivity index (χ2n) is 4.87. The zero-order valence-electron chi connectivity index (χ0n) is 12.7. The molecule has 5 nitrogen and oxygen atoms in total. The Labute approximate surface area is 136 Å². The van der Waals surface area contributed by atoms with Gasteiger partial charge < -0.3 is 15.7 Å². The molecule has 122 valence electrons. The van der Waals surface area contributed by atoms with E-state index in [-0.39, 0.29) is 16.3 Å². The Balaban J connectivity index is 2.11. The van der Waals surface area contributed by atoms with E-state index in [1.807, 2.05) is 6.92 Å². The maximum Gasteiger partial charge on any atom is 0.323 e. The lowest BCUT2D eigenvalue weighted by Crippen LogP contribution is -2.20. The highest BCUT2D eigenvalue weighted by molar-refractivity contribution is 7.84. The van der Waals surface area contributed by atoms with E-state index in [4.69, 9.17) is 0 Å². The van der Waals surface area contributed by atoms with Crippen LogP contribution in [0.1, 0.15) is 12.5 Å². The number of anilines is 2. The number of nitrogens with one attached hydrogen (secondary N) is 2. The Kier molecular flexibility index (Phi) is 5.33. The zero-order valence-corrected chi connectivity index (χ0v) is 13.5. The van der Waals surface area contributed by atoms with Crippen LogP contribution in [0.15, 0.2) is 41.3 Å². The quantitative estimate of drug-likeness (QED) is 0.748. The van der Waals surface area contributed by atoms with Gasteiger partial charge in [0.1, 0.15) is 11.6 Å². The number of hydrogen-bond donors (Lipinski definition) is 3. The van der Waals surface area contributed by atoms with Crippen molar-refractivity contribution in [2.75, 3.05) is 16.9 Å². The molecular formula is C16H17FN2O3S. The molecule has 0 saturated heterocycles. The number of amides is 2. The van der Waals surface area contributed by atoms with Crippen LogP contribution in [0.25, 0.3) is 0 Å². The minimum absolute atomic E-state index is 0.0859. The Morgan fingerprint density at radius 2 is 1.96 bits per heavy atom. The fraction of sp³-hybridized carbons (Fsp3) is 0.188. The van der Waals surface area contributed by atoms with E-state index < -0.39 is 22.6 Å². The van der Waals surface area contributed by atoms with Crippen LogP contribution in [-0.4, -0.2) is 21.6 Å². The van der Waals surface area contributed by atoms with Crippen molar-refractivity contribution in [1.82, 2.24) is 0 Å². The van der Waals surface area contributed by atoms with Gasteiger partial charge in [0.05, 0.1) is 15.7 Å². The first-order valence-corrected chi connectivity index (χ1v) is 8.49. The molecule has 0 fully saturated rings. The van der Waals surface area contributed by atoms with Gasteiger partial charge in [0.25, 0.3) is 0 Å². The molecule has 0 aliphatic rings. The van der Waals surface area contributed by atoms with Crippen molar-refractivity contribution in [3.8, 4) is 5.75 Å². The number of phenolic OH excluding ortho intramolecular Hbond substituents is 1. The molecule has 23 heavy (non-hydrogen) atoms. The van der Waals surface area contributed by atoms with Crippen LogP contribution in [0.2, 0.25) is 0 Å². The SMILES string of the molecule is CCc1cc(O)ccc1NC(=O)Nc1ccc([S@@](C)=O)c(F)c1. The molecule has 1 atom stereocenters. The van der Waals surface area contributed by atoms with Gasteiger partial charge in [-0.15, -0.1) is 0 Å². The van der Waals surface area contributed by atoms with Gasteiger partial charge in [-0.1, -0.05) is 6.92 Å². The number of halogens is 1. The fourth-order valence-corrected chi connectivity index (χ4v) is 2.68. The zero-order chi connectivity index (χ0) is 17.0. The van der Waals surface area contributed by atoms with E-state index in [0.717, 1.165) is 11.6 Å². The van der Waals surface area contributed by atoms with Gasteiger partial charge in [0.15, 0.2) is 0 Å². The molecule has 0 unspecified atom stereocenters. The molecule has 0 aliphatic carbocycles. The summed E-state index contributed by atoms with van der Waals surface area (Å²) in [6.07, 6.45) is 2.02. The molecule has 0 heterocycles. The average molecular weight is 336 g/mol. The van der Waals surface area contributed by atoms with E-state index in [2.05, 4.69) is 10.6 Å². The number of hydrogen-bond acceptors (Lipinski definition) is 3. The van der Waals surface area contributed by atoms with Crippen LogP contribution in [0.3, 0.4) is 0 Å². The lowest BCUT2D eigenvalue weighted by molar-refractivity contribution is 0.262. The molecule has 7 heteroatoms. The van der Waals surface area contributed by atoms with Gasteiger partial charge in [0.2, 0.25) is 0 Å². The molecule has 2 rings (SSSR count). The third kappa shape index (κ3) is 4.29. The summed E-state index contributed by atoms with van der Waals surface area (Å²) in [7, 11) is -1.43. The second-order valence-corrected chi connectivity index (χ2v) is 6.22. The highest BCUT2D eigenvalue weighted by Gasteiger charge is 2.10. The fourth-order valence-electron chi connectivity index (χ4n) is 2.09. The van der Waals surface area contributed by atoms with Gasteiger partial charge in [-0.25, -0.2) is 9.18 Å². The van der Waals surface area contributed by atoms with Crippen LogP contribution in [-0.2, 0) is 17.2 Å². The van der Waals surface area contributed by atoms with E-state index in [1.54, 1.807) is 12.1 Å². The van der Waals surface area contributed by atoms with Crippen LogP contribution in [0.4, 0.5) is 20.6 Å². The van der Waals surface area contributed by atoms with Crippen LogP contribution < -0.4 is 10.6 Å². The average Bonchev–Trinajstić information content (AvgIpc) is 2.48. The van der Waals surface area contributed by atoms with E-state index in [9.17, 15) is 18.5 Å². The predicted molar refractivity (Wildman–Crippen MR) is 88.9 cm³/mol. The first-order valence-electron chi connectivity index (χ1n) is 6.93. The molecule has 0 radical (unpaired) electrons. The standard InChI is InChI=1S/C16H17FN2O3S/c1-3-10-8-12(20)5-6-14(10)19-16(21)18-11-4-7-15(23(2)22)13(17)9-11/h4-9,20H,3H2,1-2H3,(H2,18,19,21)/t23-/m1/s1. The first-order chi connectivity index (χ1) is 10.9. The number of benzene rings is 2. The molecular weight excluding hydrogens is 319 g/mol. The van der Waals surface area contributed by atoms with Crippen molar-refractivity contribution in [1.29, 1.82) is 0 Å². The number of carbonyl (C=O) groups is 1. The maximum absolute atomic E-state index is 13.7. The molecule has 0 spiro atoms. The summed E-state index contributed by atoms with van der Waals surface area (Å²) in [6.45, 7) is 1.90. The third-order valence-corrected chi connectivity index (χ3v) is 4.17. The van der Waals surface area contributed by atoms with E-state index in [0.29, 0.717) is 12.1 Å². The first kappa shape index (κ1) is 17.0. The molecule has 0 saturated carbocycles. The summed E-state index contributed by atoms with van der Waals surface area (Å²) in [6, 6.07) is 8.08. The van der Waals surface area contributed by atoms with Gasteiger partial charge in [-0.2, -0.15) is 0 Å². The van der Waals surface area contributed by atoms with E-state index in [1.165, 1.54) is 24.5 Å². The number of rotatable bonds is 4. The lowest BCUT2D eigenvalue weighted by atomic mass is 10.1. The smallest absolute Gasteiger partial charge is 0.323 e. The Morgan fingerprint density at radius 1 is 1.22 bits per heavy atom. The summed E-state index contributed by atoms with van der Waals surface area (Å²) in [5, 5.41) is 14.6. The van der Waals surface area contributed by atoms with Crippen molar-refractivity contribution in [3.05, 3.63) is 47.8 Å². The maximum atomic E-state index is 13.7. The summed E-state index contributed by atoms with van der Waals surface area (Å²) >= 11 is 0. The van der Waals surface area contributed by atoms with Crippen molar-refractivity contribution < 1.29 is 18.5 Å². The minimum atomic E-state index is -1.43. The van der Waals surface area contributed by atoms with Crippen LogP contribution in [0, 0.1) is 5.82 Å². The Morgan fingerprint density at radius 3 is 2.57 bits per heavy atom. The van der Waals surface area contributed by atoms with E-state index >= 15 is 0 Å². The summed E-state index contributed by atoms with van der Waals surface area (Å²) in [5.41, 5.74) is 1.60. The second kappa shape index (κ2) is 7.23. The molecule has 0 aromatic heterocycles. The van der Waals surface area contributed by atoms with Gasteiger partial charge in [-0.3, -0.25) is 4.21 Å². The normalized spacial score (nSPS) is 11.8. The molecule has 2 aromatic carbocycles. The molecule has 2 amide bonds. The third-order valence-electron chi connectivity index (χ3n) is 3.22. The Bertz CT molecular complexity index is 765. The number of phenols is 1. The molecule has 3 N–H and O–H groups in total. The van der Waals surface area contributed by atoms with Gasteiger partial charge in [-0.05, 0) is 48.4 Å². The minimum Gasteiger partial charge on any atom is -0.508 e. The predicted octanol–water partition coefficient (Wildman–Crippen LogP) is 3.48. The van der Waals surface area contributed by atoms with Crippen LogP contribution in [0.5, 0.6) is 5.75 Å². The number of aromatic hydroxyl groups is 1. The largest absolute Gasteiger partial charge is 0.508 e. The highest BCUT2D eigenvalue weighted by Crippen LogP contribution is 2.22. The summed E-state index contributed by atoms with van der Waals surface area (Å²) in [5.74, 6) is -0.513. The van der Waals surface area contributed by atoms with Crippen molar-refractivity contribution in [3.63, 3.8) is 0 Å². The molecule has 2 aromatic rings. The van der Waals surface area contributed by atoms with Crippen molar-refractivity contribution >= 4 is 28.2 Å².